The molecule has 35 heavy (non-hydrogen) atoms. The van der Waals surface area contributed by atoms with Gasteiger partial charge in [-0.25, -0.2) is 14.8 Å². The van der Waals surface area contributed by atoms with Gasteiger partial charge in [-0.05, 0) is 67.6 Å². The molecule has 8 heteroatoms. The number of rotatable bonds is 8. The molecule has 0 radical (unpaired) electrons. The summed E-state index contributed by atoms with van der Waals surface area (Å²) < 4.78 is 7.39. The summed E-state index contributed by atoms with van der Waals surface area (Å²) in [7, 11) is 1.59. The van der Waals surface area contributed by atoms with E-state index in [9.17, 15) is 9.90 Å². The molecule has 2 N–H and O–H groups in total. The Labute approximate surface area is 203 Å². The van der Waals surface area contributed by atoms with E-state index >= 15 is 0 Å². The minimum Gasteiger partial charge on any atom is -0.481 e. The second-order valence-corrected chi connectivity index (χ2v) is 8.66. The van der Waals surface area contributed by atoms with E-state index in [2.05, 4.69) is 15.3 Å². The lowest BCUT2D eigenvalue weighted by molar-refractivity contribution is 0.0698. The number of hydrogen-bond acceptors (Lipinski definition) is 6. The lowest BCUT2D eigenvalue weighted by Gasteiger charge is -2.16. The molecule has 4 aromatic rings. The van der Waals surface area contributed by atoms with Crippen LogP contribution in [-0.2, 0) is 6.42 Å². The summed E-state index contributed by atoms with van der Waals surface area (Å²) in [4.78, 5) is 21.2. The van der Waals surface area contributed by atoms with Crippen molar-refractivity contribution in [3.63, 3.8) is 0 Å². The zero-order valence-electron chi connectivity index (χ0n) is 19.9. The van der Waals surface area contributed by atoms with Gasteiger partial charge in [0.25, 0.3) is 0 Å². The predicted molar refractivity (Wildman–Crippen MR) is 134 cm³/mol. The van der Waals surface area contributed by atoms with Gasteiger partial charge in [0.1, 0.15) is 5.82 Å². The molecule has 1 fully saturated rings. The average Bonchev–Trinajstić information content (AvgIpc) is 3.66. The van der Waals surface area contributed by atoms with Crippen LogP contribution in [0.1, 0.15) is 52.9 Å². The topological polar surface area (TPSA) is 102 Å². The number of pyridine rings is 2. The molecule has 3 heterocycles. The average molecular weight is 470 g/mol. The number of ether oxygens (including phenoxy) is 1. The van der Waals surface area contributed by atoms with Crippen LogP contribution in [0.5, 0.6) is 5.88 Å². The zero-order chi connectivity index (χ0) is 24.5. The summed E-state index contributed by atoms with van der Waals surface area (Å²) in [6.07, 6.45) is 6.24. The summed E-state index contributed by atoms with van der Waals surface area (Å²) in [5, 5.41) is 18.4. The van der Waals surface area contributed by atoms with Crippen molar-refractivity contribution in [1.82, 2.24) is 19.7 Å². The number of carbonyl (C=O) groups is 1. The van der Waals surface area contributed by atoms with Crippen molar-refractivity contribution in [2.24, 2.45) is 0 Å². The molecular formula is C27H27N5O3. The fourth-order valence-electron chi connectivity index (χ4n) is 4.28. The van der Waals surface area contributed by atoms with Crippen molar-refractivity contribution < 1.29 is 14.6 Å². The van der Waals surface area contributed by atoms with Crippen LogP contribution in [0.4, 0.5) is 11.5 Å². The van der Waals surface area contributed by atoms with E-state index < -0.39 is 5.97 Å². The molecule has 1 aromatic carbocycles. The van der Waals surface area contributed by atoms with Crippen molar-refractivity contribution >= 4 is 17.5 Å². The Balaban J connectivity index is 1.79. The molecule has 0 aliphatic heterocycles. The molecular weight excluding hydrogens is 442 g/mol. The minimum absolute atomic E-state index is 0.201. The second kappa shape index (κ2) is 9.21. The van der Waals surface area contributed by atoms with Gasteiger partial charge in [-0.3, -0.25) is 0 Å². The van der Waals surface area contributed by atoms with Gasteiger partial charge in [0, 0.05) is 23.9 Å². The van der Waals surface area contributed by atoms with Gasteiger partial charge in [0.2, 0.25) is 5.88 Å². The third-order valence-electron chi connectivity index (χ3n) is 6.27. The van der Waals surface area contributed by atoms with Crippen LogP contribution in [0.15, 0.2) is 54.9 Å². The van der Waals surface area contributed by atoms with Crippen LogP contribution in [0.25, 0.3) is 16.9 Å². The van der Waals surface area contributed by atoms with Gasteiger partial charge < -0.3 is 15.2 Å². The Bertz CT molecular complexity index is 1410. The number of methoxy groups -OCH3 is 1. The number of nitrogens with zero attached hydrogens (tertiary/aromatic N) is 4. The standard InChI is InChI=1S/C27H27N5O3/c1-4-17-9-12-21(20(15-17)27(33)34)30-25-22(19-8-6-14-29-26(19)35-3)23(18-10-11-18)31-32(25)24-16(2)7-5-13-28-24/h5-9,12-15,18,30H,4,10-11H2,1-3H3,(H,33,34). The molecule has 178 valence electrons. The van der Waals surface area contributed by atoms with Crippen LogP contribution in [0.2, 0.25) is 0 Å². The van der Waals surface area contributed by atoms with Crippen molar-refractivity contribution in [1.29, 1.82) is 0 Å². The fourth-order valence-corrected chi connectivity index (χ4v) is 4.28. The Hall–Kier alpha value is -4.20. The van der Waals surface area contributed by atoms with E-state index in [4.69, 9.17) is 9.84 Å². The van der Waals surface area contributed by atoms with E-state index in [-0.39, 0.29) is 5.56 Å². The molecule has 0 bridgehead atoms. The van der Waals surface area contributed by atoms with Crippen LogP contribution < -0.4 is 10.1 Å². The SMILES string of the molecule is CCc1ccc(Nc2c(-c3cccnc3OC)c(C3CC3)nn2-c2ncccc2C)c(C(=O)O)c1. The number of carboxylic acids is 1. The number of benzene rings is 1. The Kier molecular flexibility index (Phi) is 5.94. The summed E-state index contributed by atoms with van der Waals surface area (Å²) >= 11 is 0. The first-order chi connectivity index (χ1) is 17.0. The Morgan fingerprint density at radius 3 is 2.63 bits per heavy atom. The van der Waals surface area contributed by atoms with E-state index in [1.165, 1.54) is 0 Å². The third-order valence-corrected chi connectivity index (χ3v) is 6.27. The number of anilines is 2. The number of aryl methyl sites for hydroxylation is 2. The molecule has 5 rings (SSSR count). The van der Waals surface area contributed by atoms with Gasteiger partial charge >= 0.3 is 5.97 Å². The normalized spacial score (nSPS) is 13.0. The first kappa shape index (κ1) is 22.6. The van der Waals surface area contributed by atoms with Crippen molar-refractivity contribution in [3.05, 3.63) is 77.2 Å². The molecule has 0 atom stereocenters. The fraction of sp³-hybridized carbons (Fsp3) is 0.259. The second-order valence-electron chi connectivity index (χ2n) is 8.66. The largest absolute Gasteiger partial charge is 0.481 e. The van der Waals surface area contributed by atoms with E-state index in [0.717, 1.165) is 47.2 Å². The highest BCUT2D eigenvalue weighted by Gasteiger charge is 2.34. The highest BCUT2D eigenvalue weighted by Crippen LogP contribution is 2.49. The van der Waals surface area contributed by atoms with Crippen LogP contribution in [-0.4, -0.2) is 37.9 Å². The van der Waals surface area contributed by atoms with Gasteiger partial charge in [-0.2, -0.15) is 9.78 Å². The number of aromatic nitrogens is 4. The molecule has 0 saturated heterocycles. The smallest absolute Gasteiger partial charge is 0.337 e. The van der Waals surface area contributed by atoms with Gasteiger partial charge in [0.15, 0.2) is 5.82 Å². The van der Waals surface area contributed by atoms with Crippen molar-refractivity contribution in [2.45, 2.75) is 39.0 Å². The van der Waals surface area contributed by atoms with Crippen LogP contribution >= 0.6 is 0 Å². The highest BCUT2D eigenvalue weighted by atomic mass is 16.5. The maximum atomic E-state index is 12.2. The van der Waals surface area contributed by atoms with Gasteiger partial charge in [0.05, 0.1) is 29.6 Å². The third kappa shape index (κ3) is 4.23. The monoisotopic (exact) mass is 469 g/mol. The van der Waals surface area contributed by atoms with Crippen molar-refractivity contribution in [2.75, 3.05) is 12.4 Å². The lowest BCUT2D eigenvalue weighted by atomic mass is 10.0. The number of carboxylic acid groups (broad SMARTS) is 1. The zero-order valence-corrected chi connectivity index (χ0v) is 19.9. The van der Waals surface area contributed by atoms with E-state index in [1.807, 2.05) is 50.2 Å². The maximum Gasteiger partial charge on any atom is 0.337 e. The molecule has 3 aromatic heterocycles. The first-order valence-corrected chi connectivity index (χ1v) is 11.7. The summed E-state index contributed by atoms with van der Waals surface area (Å²) in [5.74, 6) is 1.10. The summed E-state index contributed by atoms with van der Waals surface area (Å²) in [6.45, 7) is 3.98. The molecule has 0 unspecified atom stereocenters. The van der Waals surface area contributed by atoms with Crippen molar-refractivity contribution in [3.8, 4) is 22.8 Å². The van der Waals surface area contributed by atoms with E-state index in [0.29, 0.717) is 29.1 Å². The highest BCUT2D eigenvalue weighted by molar-refractivity contribution is 5.96. The first-order valence-electron chi connectivity index (χ1n) is 11.7. The molecule has 1 aliphatic carbocycles. The van der Waals surface area contributed by atoms with Crippen LogP contribution in [0, 0.1) is 6.92 Å². The molecule has 0 spiro atoms. The number of aromatic carboxylic acids is 1. The number of hydrogen-bond donors (Lipinski definition) is 2. The Morgan fingerprint density at radius 1 is 1.17 bits per heavy atom. The summed E-state index contributed by atoms with van der Waals surface area (Å²) in [5.41, 5.74) is 5.15. The number of nitrogens with one attached hydrogen (secondary N) is 1. The van der Waals surface area contributed by atoms with Gasteiger partial charge in [-0.1, -0.05) is 19.1 Å². The Morgan fingerprint density at radius 2 is 1.94 bits per heavy atom. The lowest BCUT2D eigenvalue weighted by Crippen LogP contribution is -2.09. The minimum atomic E-state index is -0.995. The molecule has 1 saturated carbocycles. The predicted octanol–water partition coefficient (Wildman–Crippen LogP) is 5.53. The summed E-state index contributed by atoms with van der Waals surface area (Å²) in [6, 6.07) is 13.1. The molecule has 1 aliphatic rings. The molecule has 8 nitrogen and oxygen atoms in total. The quantitative estimate of drug-likeness (QED) is 0.350. The van der Waals surface area contributed by atoms with Crippen LogP contribution in [0.3, 0.4) is 0 Å². The molecule has 0 amide bonds. The maximum absolute atomic E-state index is 12.2. The van der Waals surface area contributed by atoms with Gasteiger partial charge in [-0.15, -0.1) is 0 Å². The van der Waals surface area contributed by atoms with E-state index in [1.54, 1.807) is 30.3 Å².